The number of halogens is 1. The number of nitro groups is 1. The van der Waals surface area contributed by atoms with Gasteiger partial charge in [-0.15, -0.1) is 0 Å². The Kier molecular flexibility index (Phi) is 2.55. The highest BCUT2D eigenvalue weighted by Crippen LogP contribution is 2.19. The number of nitriles is 1. The van der Waals surface area contributed by atoms with E-state index in [4.69, 9.17) is 5.26 Å². The lowest BCUT2D eigenvalue weighted by atomic mass is 10.2. The largest absolute Gasteiger partial charge is 0.301 e. The number of rotatable bonds is 1. The van der Waals surface area contributed by atoms with Crippen molar-refractivity contribution in [3.63, 3.8) is 0 Å². The molecule has 66 valence electrons. The summed E-state index contributed by atoms with van der Waals surface area (Å²) in [4.78, 5) is 9.46. The average Bonchev–Trinajstić information content (AvgIpc) is 2.27. The topological polar surface area (TPSA) is 66.9 Å². The van der Waals surface area contributed by atoms with Crippen molar-refractivity contribution in [2.24, 2.45) is 0 Å². The molecule has 0 bridgehead atoms. The monoisotopic (exact) mass is 180 g/mol. The van der Waals surface area contributed by atoms with E-state index in [1.807, 2.05) is 0 Å². The first kappa shape index (κ1) is 9.13. The van der Waals surface area contributed by atoms with E-state index >= 15 is 0 Å². The Morgan fingerprint density at radius 1 is 1.62 bits per heavy atom. The van der Waals surface area contributed by atoms with Crippen LogP contribution in [0.3, 0.4) is 0 Å². The summed E-state index contributed by atoms with van der Waals surface area (Å²) in [5, 5.41) is 18.7. The van der Waals surface area contributed by atoms with E-state index in [2.05, 4.69) is 0 Å². The molecule has 0 atom stereocenters. The highest BCUT2D eigenvalue weighted by Gasteiger charge is 2.18. The van der Waals surface area contributed by atoms with Crippen molar-refractivity contribution in [2.45, 2.75) is 6.42 Å². The quantitative estimate of drug-likeness (QED) is 0.456. The fourth-order valence-corrected chi connectivity index (χ4v) is 0.876. The van der Waals surface area contributed by atoms with E-state index in [1.165, 1.54) is 6.08 Å². The summed E-state index contributed by atoms with van der Waals surface area (Å²) in [7, 11) is 0. The Bertz CT molecular complexity index is 374. The lowest BCUT2D eigenvalue weighted by Crippen LogP contribution is -1.98. The third-order valence-electron chi connectivity index (χ3n) is 1.53. The Labute approximate surface area is 73.4 Å². The molecule has 0 saturated heterocycles. The van der Waals surface area contributed by atoms with Gasteiger partial charge in [-0.1, -0.05) is 0 Å². The molecular formula is C8H5FN2O2. The Balaban J connectivity index is 3.03. The highest BCUT2D eigenvalue weighted by molar-refractivity contribution is 5.36. The molecule has 1 aliphatic rings. The smallest absolute Gasteiger partial charge is 0.258 e. The predicted octanol–water partition coefficient (Wildman–Crippen LogP) is 1.85. The van der Waals surface area contributed by atoms with Crippen molar-refractivity contribution in [3.05, 3.63) is 45.4 Å². The van der Waals surface area contributed by atoms with Crippen molar-refractivity contribution >= 4 is 0 Å². The minimum Gasteiger partial charge on any atom is -0.258 e. The number of nitrogens with zero attached hydrogens (tertiary/aromatic N) is 2. The molecule has 1 rings (SSSR count). The summed E-state index contributed by atoms with van der Waals surface area (Å²) in [5.74, 6) is -0.921. The Morgan fingerprint density at radius 2 is 2.31 bits per heavy atom. The zero-order chi connectivity index (χ0) is 9.84. The van der Waals surface area contributed by atoms with Crippen molar-refractivity contribution in [1.82, 2.24) is 0 Å². The summed E-state index contributed by atoms with van der Waals surface area (Å²) in [6.07, 6.45) is 3.35. The first-order valence-corrected chi connectivity index (χ1v) is 3.46. The molecule has 0 aromatic carbocycles. The van der Waals surface area contributed by atoms with Crippen LogP contribution in [0.15, 0.2) is 35.3 Å². The van der Waals surface area contributed by atoms with Crippen LogP contribution < -0.4 is 0 Å². The molecule has 0 N–H and O–H groups in total. The van der Waals surface area contributed by atoms with Crippen molar-refractivity contribution in [2.75, 3.05) is 0 Å². The second-order valence-electron chi connectivity index (χ2n) is 2.37. The summed E-state index contributed by atoms with van der Waals surface area (Å²) in [6.45, 7) is 0. The van der Waals surface area contributed by atoms with Crippen LogP contribution in [0, 0.1) is 21.4 Å². The molecule has 0 saturated carbocycles. The lowest BCUT2D eigenvalue weighted by molar-refractivity contribution is -0.423. The van der Waals surface area contributed by atoms with Crippen molar-refractivity contribution in [1.29, 1.82) is 5.26 Å². The molecule has 0 aromatic rings. The van der Waals surface area contributed by atoms with E-state index in [1.54, 1.807) is 6.07 Å². The maximum Gasteiger partial charge on any atom is 0.301 e. The SMILES string of the molecule is N#CC1=CC=C(F)C([N+](=O)[O-])=CC1. The predicted molar refractivity (Wildman–Crippen MR) is 42.6 cm³/mol. The molecule has 13 heavy (non-hydrogen) atoms. The van der Waals surface area contributed by atoms with Gasteiger partial charge in [0.1, 0.15) is 0 Å². The second kappa shape index (κ2) is 3.63. The van der Waals surface area contributed by atoms with Crippen molar-refractivity contribution in [3.8, 4) is 6.07 Å². The van der Waals surface area contributed by atoms with Crippen LogP contribution in [0.2, 0.25) is 0 Å². The summed E-state index contributed by atoms with van der Waals surface area (Å²) in [5.41, 5.74) is -0.284. The summed E-state index contributed by atoms with van der Waals surface area (Å²) >= 11 is 0. The summed E-state index contributed by atoms with van der Waals surface area (Å²) < 4.78 is 12.9. The molecule has 0 unspecified atom stereocenters. The molecule has 0 fully saturated rings. The van der Waals surface area contributed by atoms with E-state index in [9.17, 15) is 14.5 Å². The van der Waals surface area contributed by atoms with Gasteiger partial charge in [0.25, 0.3) is 0 Å². The average molecular weight is 180 g/mol. The number of hydrogen-bond acceptors (Lipinski definition) is 3. The highest BCUT2D eigenvalue weighted by atomic mass is 19.1. The molecule has 5 heteroatoms. The lowest BCUT2D eigenvalue weighted by Gasteiger charge is -1.91. The van der Waals surface area contributed by atoms with Crippen LogP contribution in [0.5, 0.6) is 0 Å². The van der Waals surface area contributed by atoms with Crippen LogP contribution in [-0.4, -0.2) is 4.92 Å². The van der Waals surface area contributed by atoms with Gasteiger partial charge in [0.05, 0.1) is 11.0 Å². The Hall–Kier alpha value is -1.96. The number of hydrogen-bond donors (Lipinski definition) is 0. The third kappa shape index (κ3) is 1.99. The van der Waals surface area contributed by atoms with Gasteiger partial charge < -0.3 is 0 Å². The van der Waals surface area contributed by atoms with E-state index in [-0.39, 0.29) is 6.42 Å². The van der Waals surface area contributed by atoms with E-state index < -0.39 is 16.4 Å². The molecule has 0 spiro atoms. The van der Waals surface area contributed by atoms with E-state index in [0.717, 1.165) is 12.2 Å². The van der Waals surface area contributed by atoms with Crippen LogP contribution in [0.25, 0.3) is 0 Å². The maximum atomic E-state index is 12.9. The third-order valence-corrected chi connectivity index (χ3v) is 1.53. The molecular weight excluding hydrogens is 175 g/mol. The molecule has 1 aliphatic carbocycles. The zero-order valence-electron chi connectivity index (χ0n) is 6.53. The molecule has 0 aliphatic heterocycles. The van der Waals surface area contributed by atoms with Gasteiger partial charge in [-0.3, -0.25) is 10.1 Å². The van der Waals surface area contributed by atoms with Crippen LogP contribution in [0.4, 0.5) is 4.39 Å². The molecule has 4 nitrogen and oxygen atoms in total. The van der Waals surface area contributed by atoms with Gasteiger partial charge >= 0.3 is 5.70 Å². The van der Waals surface area contributed by atoms with Gasteiger partial charge in [-0.05, 0) is 12.2 Å². The standard InChI is InChI=1S/C8H5FN2O2/c9-7-3-1-6(5-10)2-4-8(7)11(12)13/h1,3-4H,2H2. The van der Waals surface area contributed by atoms with Gasteiger partial charge in [0.2, 0.25) is 0 Å². The fourth-order valence-electron chi connectivity index (χ4n) is 0.876. The minimum atomic E-state index is -0.921. The number of allylic oxidation sites excluding steroid dienone is 5. The van der Waals surface area contributed by atoms with Crippen LogP contribution >= 0.6 is 0 Å². The molecule has 0 aromatic heterocycles. The van der Waals surface area contributed by atoms with Crippen LogP contribution in [0.1, 0.15) is 6.42 Å². The first-order chi connectivity index (χ1) is 6.15. The van der Waals surface area contributed by atoms with Gasteiger partial charge in [0.15, 0.2) is 5.83 Å². The van der Waals surface area contributed by atoms with Gasteiger partial charge in [0, 0.05) is 18.1 Å². The molecule has 0 amide bonds. The fraction of sp³-hybridized carbons (Fsp3) is 0.125. The second-order valence-corrected chi connectivity index (χ2v) is 2.37. The summed E-state index contributed by atoms with van der Waals surface area (Å²) in [6, 6.07) is 1.81. The Morgan fingerprint density at radius 3 is 2.85 bits per heavy atom. The van der Waals surface area contributed by atoms with Crippen molar-refractivity contribution < 1.29 is 9.31 Å². The molecule has 0 heterocycles. The van der Waals surface area contributed by atoms with E-state index in [0.29, 0.717) is 5.57 Å². The normalized spacial score (nSPS) is 16.2. The maximum absolute atomic E-state index is 12.9. The van der Waals surface area contributed by atoms with Gasteiger partial charge in [-0.25, -0.2) is 0 Å². The zero-order valence-corrected chi connectivity index (χ0v) is 6.53. The minimum absolute atomic E-state index is 0.0940. The first-order valence-electron chi connectivity index (χ1n) is 3.46. The van der Waals surface area contributed by atoms with Gasteiger partial charge in [-0.2, -0.15) is 9.65 Å². The van der Waals surface area contributed by atoms with Crippen LogP contribution in [-0.2, 0) is 0 Å². The molecule has 0 radical (unpaired) electrons.